The van der Waals surface area contributed by atoms with Crippen molar-refractivity contribution in [1.29, 1.82) is 0 Å². The Bertz CT molecular complexity index is 491. The monoisotopic (exact) mass is 321 g/mol. The molecule has 8 heteroatoms. The summed E-state index contributed by atoms with van der Waals surface area (Å²) in [6.07, 6.45) is 1.91. The molecular weight excluding hydrogens is 298 g/mol. The topological polar surface area (TPSA) is 110 Å². The van der Waals surface area contributed by atoms with Gasteiger partial charge in [-0.05, 0) is 39.5 Å². The number of aliphatic carboxylic acids is 1. The molecule has 0 atom stereocenters. The Morgan fingerprint density at radius 1 is 1.24 bits per heavy atom. The Balaban J connectivity index is 2.58. The molecule has 1 saturated carbocycles. The molecule has 7 nitrogen and oxygen atoms in total. The summed E-state index contributed by atoms with van der Waals surface area (Å²) >= 11 is 0. The average Bonchev–Trinajstić information content (AvgIpc) is 2.36. The number of carbonyl (C=O) groups excluding carboxylic acids is 1. The van der Waals surface area contributed by atoms with Crippen molar-refractivity contribution in [3.05, 3.63) is 0 Å². The molecule has 0 aromatic heterocycles. The van der Waals surface area contributed by atoms with Gasteiger partial charge in [-0.25, -0.2) is 13.1 Å². The lowest BCUT2D eigenvalue weighted by Crippen LogP contribution is -2.44. The summed E-state index contributed by atoms with van der Waals surface area (Å²) in [6, 6.07) is -0.265. The second kappa shape index (κ2) is 6.74. The van der Waals surface area contributed by atoms with Crippen LogP contribution in [0.15, 0.2) is 0 Å². The Morgan fingerprint density at radius 3 is 2.19 bits per heavy atom. The highest BCUT2D eigenvalue weighted by molar-refractivity contribution is 7.89. The fourth-order valence-electron chi connectivity index (χ4n) is 2.56. The van der Waals surface area contributed by atoms with E-state index in [1.54, 1.807) is 0 Å². The Morgan fingerprint density at radius 2 is 1.76 bits per heavy atom. The standard InChI is InChI=1S/C13H23NO6S/c1-13(2,12(17)20-3)8-21(18,19)14-10-6-4-9(5-7-10)11(15)16/h9-10,14H,4-8H2,1-3H3,(H,15,16). The maximum absolute atomic E-state index is 12.1. The van der Waals surface area contributed by atoms with Crippen LogP contribution in [0.4, 0.5) is 0 Å². The zero-order valence-corrected chi connectivity index (χ0v) is 13.4. The van der Waals surface area contributed by atoms with Crippen LogP contribution in [0.1, 0.15) is 39.5 Å². The van der Waals surface area contributed by atoms with E-state index in [4.69, 9.17) is 5.11 Å². The zero-order valence-electron chi connectivity index (χ0n) is 12.6. The first-order chi connectivity index (χ1) is 9.57. The molecule has 1 aliphatic rings. The highest BCUT2D eigenvalue weighted by atomic mass is 32.2. The molecule has 0 aliphatic heterocycles. The van der Waals surface area contributed by atoms with Gasteiger partial charge in [0, 0.05) is 6.04 Å². The van der Waals surface area contributed by atoms with Crippen LogP contribution in [-0.4, -0.2) is 44.4 Å². The van der Waals surface area contributed by atoms with E-state index in [0.717, 1.165) is 0 Å². The van der Waals surface area contributed by atoms with Crippen LogP contribution in [0.5, 0.6) is 0 Å². The largest absolute Gasteiger partial charge is 0.481 e. The van der Waals surface area contributed by atoms with Crippen molar-refractivity contribution in [2.24, 2.45) is 11.3 Å². The van der Waals surface area contributed by atoms with Gasteiger partial charge in [-0.15, -0.1) is 0 Å². The number of carboxylic acids is 1. The van der Waals surface area contributed by atoms with Crippen LogP contribution < -0.4 is 4.72 Å². The number of hydrogen-bond acceptors (Lipinski definition) is 5. The molecule has 1 rings (SSSR count). The SMILES string of the molecule is COC(=O)C(C)(C)CS(=O)(=O)NC1CCC(C(=O)O)CC1. The van der Waals surface area contributed by atoms with Crippen molar-refractivity contribution in [1.82, 2.24) is 4.72 Å². The molecule has 0 heterocycles. The molecule has 122 valence electrons. The van der Waals surface area contributed by atoms with E-state index in [2.05, 4.69) is 9.46 Å². The summed E-state index contributed by atoms with van der Waals surface area (Å²) in [6.45, 7) is 3.03. The third kappa shape index (κ3) is 5.28. The smallest absolute Gasteiger partial charge is 0.312 e. The summed E-state index contributed by atoms with van der Waals surface area (Å²) in [5.74, 6) is -2.16. The van der Waals surface area contributed by atoms with Crippen LogP contribution in [0, 0.1) is 11.3 Å². The lowest BCUT2D eigenvalue weighted by atomic mass is 9.87. The maximum Gasteiger partial charge on any atom is 0.312 e. The second-order valence-corrected chi connectivity index (χ2v) is 7.89. The minimum atomic E-state index is -3.63. The Hall–Kier alpha value is -1.15. The predicted octanol–water partition coefficient (Wildman–Crippen LogP) is 0.748. The Labute approximate surface area is 125 Å². The van der Waals surface area contributed by atoms with Gasteiger partial charge in [0.2, 0.25) is 10.0 Å². The number of methoxy groups -OCH3 is 1. The van der Waals surface area contributed by atoms with Crippen LogP contribution in [0.2, 0.25) is 0 Å². The highest BCUT2D eigenvalue weighted by Crippen LogP contribution is 2.26. The van der Waals surface area contributed by atoms with E-state index in [0.29, 0.717) is 25.7 Å². The van der Waals surface area contributed by atoms with Crippen molar-refractivity contribution in [2.75, 3.05) is 12.9 Å². The van der Waals surface area contributed by atoms with Gasteiger partial charge in [0.15, 0.2) is 0 Å². The number of sulfonamides is 1. The van der Waals surface area contributed by atoms with Gasteiger partial charge >= 0.3 is 11.9 Å². The molecule has 21 heavy (non-hydrogen) atoms. The summed E-state index contributed by atoms with van der Waals surface area (Å²) in [5.41, 5.74) is -1.13. The van der Waals surface area contributed by atoms with Crippen molar-refractivity contribution in [3.63, 3.8) is 0 Å². The first-order valence-electron chi connectivity index (χ1n) is 6.88. The second-order valence-electron chi connectivity index (χ2n) is 6.14. The van der Waals surface area contributed by atoms with Crippen molar-refractivity contribution < 1.29 is 27.9 Å². The third-order valence-electron chi connectivity index (χ3n) is 3.71. The number of ether oxygens (including phenoxy) is 1. The van der Waals surface area contributed by atoms with Crippen LogP contribution in [0.25, 0.3) is 0 Å². The van der Waals surface area contributed by atoms with Gasteiger partial charge in [-0.1, -0.05) is 0 Å². The highest BCUT2D eigenvalue weighted by Gasteiger charge is 2.36. The Kier molecular flexibility index (Phi) is 5.75. The van der Waals surface area contributed by atoms with E-state index < -0.39 is 33.3 Å². The minimum absolute atomic E-state index is 0.265. The number of carboxylic acid groups (broad SMARTS) is 1. The number of carbonyl (C=O) groups is 2. The number of hydrogen-bond donors (Lipinski definition) is 2. The fraction of sp³-hybridized carbons (Fsp3) is 0.846. The van der Waals surface area contributed by atoms with E-state index in [9.17, 15) is 18.0 Å². The number of rotatable bonds is 6. The van der Waals surface area contributed by atoms with E-state index in [1.165, 1.54) is 21.0 Å². The normalized spacial score (nSPS) is 23.6. The van der Waals surface area contributed by atoms with Crippen LogP contribution in [-0.2, 0) is 24.3 Å². The van der Waals surface area contributed by atoms with Gasteiger partial charge in [-0.2, -0.15) is 0 Å². The third-order valence-corrected chi connectivity index (χ3v) is 5.51. The predicted molar refractivity (Wildman–Crippen MR) is 76.1 cm³/mol. The van der Waals surface area contributed by atoms with Gasteiger partial charge in [0.25, 0.3) is 0 Å². The summed E-state index contributed by atoms with van der Waals surface area (Å²) in [5, 5.41) is 8.91. The zero-order chi connectivity index (χ0) is 16.3. The van der Waals surface area contributed by atoms with E-state index in [1.807, 2.05) is 0 Å². The van der Waals surface area contributed by atoms with Gasteiger partial charge in [0.1, 0.15) is 0 Å². The molecule has 0 aromatic rings. The summed E-state index contributed by atoms with van der Waals surface area (Å²) < 4.78 is 31.4. The quantitative estimate of drug-likeness (QED) is 0.699. The fourth-order valence-corrected chi connectivity index (χ4v) is 4.46. The van der Waals surface area contributed by atoms with Gasteiger partial charge in [-0.3, -0.25) is 9.59 Å². The van der Waals surface area contributed by atoms with Crippen molar-refractivity contribution in [2.45, 2.75) is 45.6 Å². The molecule has 1 aliphatic carbocycles. The van der Waals surface area contributed by atoms with E-state index in [-0.39, 0.29) is 11.8 Å². The lowest BCUT2D eigenvalue weighted by molar-refractivity contribution is -0.149. The molecule has 0 radical (unpaired) electrons. The molecular formula is C13H23NO6S. The molecule has 0 saturated heterocycles. The lowest BCUT2D eigenvalue weighted by Gasteiger charge is -2.28. The minimum Gasteiger partial charge on any atom is -0.481 e. The first kappa shape index (κ1) is 17.9. The molecule has 0 bridgehead atoms. The molecule has 0 spiro atoms. The van der Waals surface area contributed by atoms with E-state index >= 15 is 0 Å². The van der Waals surface area contributed by atoms with Crippen LogP contribution in [0.3, 0.4) is 0 Å². The summed E-state index contributed by atoms with van der Waals surface area (Å²) in [4.78, 5) is 22.4. The molecule has 0 aromatic carbocycles. The number of nitrogens with one attached hydrogen (secondary N) is 1. The van der Waals surface area contributed by atoms with Crippen molar-refractivity contribution in [3.8, 4) is 0 Å². The average molecular weight is 321 g/mol. The van der Waals surface area contributed by atoms with Gasteiger partial charge < -0.3 is 9.84 Å². The molecule has 2 N–H and O–H groups in total. The number of esters is 1. The molecule has 1 fully saturated rings. The maximum atomic E-state index is 12.1. The molecule has 0 amide bonds. The van der Waals surface area contributed by atoms with Crippen molar-refractivity contribution >= 4 is 22.0 Å². The first-order valence-corrected chi connectivity index (χ1v) is 8.54. The van der Waals surface area contributed by atoms with Crippen LogP contribution >= 0.6 is 0 Å². The molecule has 0 unspecified atom stereocenters. The summed E-state index contributed by atoms with van der Waals surface area (Å²) in [7, 11) is -2.41. The van der Waals surface area contributed by atoms with Gasteiger partial charge in [0.05, 0.1) is 24.2 Å².